The van der Waals surface area contributed by atoms with Gasteiger partial charge in [-0.1, -0.05) is 29.8 Å². The fraction of sp³-hybridized carbons (Fsp3) is 0. The van der Waals surface area contributed by atoms with Gasteiger partial charge in [0.1, 0.15) is 10.8 Å². The van der Waals surface area contributed by atoms with Crippen molar-refractivity contribution >= 4 is 29.1 Å². The normalized spacial score (nSPS) is 10.7. The second-order valence-corrected chi connectivity index (χ2v) is 4.62. The Bertz CT molecular complexity index is 740. The summed E-state index contributed by atoms with van der Waals surface area (Å²) in [5.74, 6) is -0.301. The number of nitro benzene ring substituents is 1. The van der Waals surface area contributed by atoms with Gasteiger partial charge in [0.05, 0.1) is 4.92 Å². The average Bonchev–Trinajstić information content (AvgIpc) is 2.45. The second kappa shape index (κ2) is 6.19. The van der Waals surface area contributed by atoms with Crippen LogP contribution in [0.2, 0.25) is 5.02 Å². The summed E-state index contributed by atoms with van der Waals surface area (Å²) in [4.78, 5) is 22.1. The van der Waals surface area contributed by atoms with Crippen LogP contribution in [0.1, 0.15) is 15.9 Å². The molecule has 5 nitrogen and oxygen atoms in total. The molecule has 21 heavy (non-hydrogen) atoms. The molecule has 2 aromatic rings. The van der Waals surface area contributed by atoms with Crippen LogP contribution >= 0.6 is 11.6 Å². The van der Waals surface area contributed by atoms with Gasteiger partial charge in [-0.05, 0) is 35.9 Å². The van der Waals surface area contributed by atoms with Crippen LogP contribution in [0, 0.1) is 10.1 Å². The number of nitro groups is 1. The van der Waals surface area contributed by atoms with Gasteiger partial charge in [-0.3, -0.25) is 14.9 Å². The standard InChI is InChI=1S/C15H10ClNO4/c16-13-6-5-11(9-14(13)17(20)21)15(19)7-4-10-2-1-3-12(18)8-10/h1-9,18H/b7-4+. The summed E-state index contributed by atoms with van der Waals surface area (Å²) in [5, 5.41) is 20.1. The fourth-order valence-electron chi connectivity index (χ4n) is 1.70. The third-order valence-electron chi connectivity index (χ3n) is 2.72. The Labute approximate surface area is 125 Å². The Morgan fingerprint density at radius 1 is 1.24 bits per heavy atom. The Morgan fingerprint density at radius 3 is 2.67 bits per heavy atom. The number of carbonyl (C=O) groups is 1. The molecule has 2 aromatic carbocycles. The van der Waals surface area contributed by atoms with Gasteiger partial charge in [0.25, 0.3) is 5.69 Å². The SMILES string of the molecule is O=C(/C=C/c1cccc(O)c1)c1ccc(Cl)c([N+](=O)[O-])c1. The molecule has 0 aromatic heterocycles. The minimum absolute atomic E-state index is 0.0199. The first-order valence-electron chi connectivity index (χ1n) is 5.93. The van der Waals surface area contributed by atoms with Crippen molar-refractivity contribution in [1.29, 1.82) is 0 Å². The number of hydrogen-bond donors (Lipinski definition) is 1. The number of phenolic OH excluding ortho intramolecular Hbond substituents is 1. The van der Waals surface area contributed by atoms with Gasteiger partial charge >= 0.3 is 0 Å². The highest BCUT2D eigenvalue weighted by Gasteiger charge is 2.14. The van der Waals surface area contributed by atoms with Gasteiger partial charge in [-0.25, -0.2) is 0 Å². The number of aromatic hydroxyl groups is 1. The summed E-state index contributed by atoms with van der Waals surface area (Å²) >= 11 is 5.69. The van der Waals surface area contributed by atoms with Crippen molar-refractivity contribution in [3.8, 4) is 5.75 Å². The Morgan fingerprint density at radius 2 is 2.00 bits per heavy atom. The van der Waals surface area contributed by atoms with Crippen LogP contribution in [0.3, 0.4) is 0 Å². The maximum Gasteiger partial charge on any atom is 0.288 e. The number of carbonyl (C=O) groups excluding carboxylic acids is 1. The Kier molecular flexibility index (Phi) is 4.35. The molecule has 0 aliphatic carbocycles. The molecular formula is C15H10ClNO4. The van der Waals surface area contributed by atoms with E-state index < -0.39 is 10.7 Å². The van der Waals surface area contributed by atoms with E-state index in [1.54, 1.807) is 12.1 Å². The highest BCUT2D eigenvalue weighted by atomic mass is 35.5. The van der Waals surface area contributed by atoms with Crippen molar-refractivity contribution in [1.82, 2.24) is 0 Å². The predicted octanol–water partition coefficient (Wildman–Crippen LogP) is 3.85. The molecule has 0 heterocycles. The van der Waals surface area contributed by atoms with Crippen molar-refractivity contribution < 1.29 is 14.8 Å². The Balaban J connectivity index is 2.25. The zero-order chi connectivity index (χ0) is 15.4. The molecule has 0 saturated heterocycles. The van der Waals surface area contributed by atoms with Crippen molar-refractivity contribution in [2.24, 2.45) is 0 Å². The number of halogens is 1. The number of nitrogens with zero attached hydrogens (tertiary/aromatic N) is 1. The van der Waals surface area contributed by atoms with Crippen molar-refractivity contribution in [2.45, 2.75) is 0 Å². The maximum atomic E-state index is 12.0. The molecule has 0 fully saturated rings. The third kappa shape index (κ3) is 3.67. The number of phenols is 1. The molecule has 0 radical (unpaired) electrons. The van der Waals surface area contributed by atoms with Crippen molar-refractivity contribution in [3.05, 3.63) is 74.8 Å². The lowest BCUT2D eigenvalue weighted by Gasteiger charge is -1.99. The molecule has 2 rings (SSSR count). The first-order chi connectivity index (χ1) is 9.97. The number of ketones is 1. The van der Waals surface area contributed by atoms with Crippen LogP contribution in [0.15, 0.2) is 48.5 Å². The van der Waals surface area contributed by atoms with E-state index >= 15 is 0 Å². The molecule has 0 bridgehead atoms. The van der Waals surface area contributed by atoms with Gasteiger partial charge < -0.3 is 5.11 Å². The largest absolute Gasteiger partial charge is 0.508 e. The molecule has 0 unspecified atom stereocenters. The summed E-state index contributed by atoms with van der Waals surface area (Å²) in [6.07, 6.45) is 2.80. The molecule has 0 aliphatic heterocycles. The second-order valence-electron chi connectivity index (χ2n) is 4.22. The topological polar surface area (TPSA) is 80.4 Å². The molecule has 0 atom stereocenters. The van der Waals surface area contributed by atoms with E-state index in [0.29, 0.717) is 5.56 Å². The van der Waals surface area contributed by atoms with Crippen LogP contribution in [-0.4, -0.2) is 15.8 Å². The lowest BCUT2D eigenvalue weighted by molar-refractivity contribution is -0.384. The third-order valence-corrected chi connectivity index (χ3v) is 3.04. The summed E-state index contributed by atoms with van der Waals surface area (Å²) in [6, 6.07) is 10.2. The van der Waals surface area contributed by atoms with E-state index in [4.69, 9.17) is 11.6 Å². The van der Waals surface area contributed by atoms with E-state index in [-0.39, 0.29) is 22.0 Å². The van der Waals surface area contributed by atoms with E-state index in [9.17, 15) is 20.0 Å². The summed E-state index contributed by atoms with van der Waals surface area (Å²) in [5.41, 5.74) is 0.502. The van der Waals surface area contributed by atoms with E-state index in [1.165, 1.54) is 36.4 Å². The van der Waals surface area contributed by atoms with Gasteiger partial charge in [0, 0.05) is 11.6 Å². The van der Waals surface area contributed by atoms with Crippen LogP contribution in [0.5, 0.6) is 5.75 Å². The first kappa shape index (κ1) is 14.7. The lowest BCUT2D eigenvalue weighted by atomic mass is 10.1. The van der Waals surface area contributed by atoms with Crippen molar-refractivity contribution in [2.75, 3.05) is 0 Å². The van der Waals surface area contributed by atoms with E-state index in [1.807, 2.05) is 0 Å². The van der Waals surface area contributed by atoms with Gasteiger partial charge in [0.2, 0.25) is 0 Å². The Hall–Kier alpha value is -2.66. The minimum Gasteiger partial charge on any atom is -0.508 e. The number of hydrogen-bond acceptors (Lipinski definition) is 4. The molecule has 6 heteroatoms. The summed E-state index contributed by atoms with van der Waals surface area (Å²) in [6.45, 7) is 0. The molecule has 0 saturated carbocycles. The fourth-order valence-corrected chi connectivity index (χ4v) is 1.89. The smallest absolute Gasteiger partial charge is 0.288 e. The minimum atomic E-state index is -0.641. The zero-order valence-corrected chi connectivity index (χ0v) is 11.4. The monoisotopic (exact) mass is 303 g/mol. The number of allylic oxidation sites excluding steroid dienone is 1. The molecular weight excluding hydrogens is 294 g/mol. The van der Waals surface area contributed by atoms with E-state index in [0.717, 1.165) is 6.07 Å². The highest BCUT2D eigenvalue weighted by Crippen LogP contribution is 2.25. The zero-order valence-electron chi connectivity index (χ0n) is 10.7. The molecule has 0 aliphatic rings. The first-order valence-corrected chi connectivity index (χ1v) is 6.30. The van der Waals surface area contributed by atoms with Gasteiger partial charge in [-0.2, -0.15) is 0 Å². The van der Waals surface area contributed by atoms with Gasteiger partial charge in [0.15, 0.2) is 5.78 Å². The predicted molar refractivity (Wildman–Crippen MR) is 79.6 cm³/mol. The number of rotatable bonds is 4. The molecule has 0 spiro atoms. The molecule has 1 N–H and O–H groups in total. The molecule has 0 amide bonds. The van der Waals surface area contributed by atoms with Crippen LogP contribution in [0.25, 0.3) is 6.08 Å². The quantitative estimate of drug-likeness (QED) is 0.402. The van der Waals surface area contributed by atoms with Gasteiger partial charge in [-0.15, -0.1) is 0 Å². The van der Waals surface area contributed by atoms with Crippen LogP contribution in [0.4, 0.5) is 5.69 Å². The average molecular weight is 304 g/mol. The summed E-state index contributed by atoms with van der Waals surface area (Å²) in [7, 11) is 0. The van der Waals surface area contributed by atoms with Crippen LogP contribution in [-0.2, 0) is 0 Å². The molecule has 106 valence electrons. The van der Waals surface area contributed by atoms with E-state index in [2.05, 4.69) is 0 Å². The van der Waals surface area contributed by atoms with Crippen molar-refractivity contribution in [3.63, 3.8) is 0 Å². The lowest BCUT2D eigenvalue weighted by Crippen LogP contribution is -1.97. The summed E-state index contributed by atoms with van der Waals surface area (Å²) < 4.78 is 0. The maximum absolute atomic E-state index is 12.0. The van der Waals surface area contributed by atoms with Crippen LogP contribution < -0.4 is 0 Å². The highest BCUT2D eigenvalue weighted by molar-refractivity contribution is 6.32. The number of benzene rings is 2.